The van der Waals surface area contributed by atoms with E-state index in [9.17, 15) is 18.0 Å². The number of nitrogens with zero attached hydrogens (tertiary/aromatic N) is 2. The number of carbonyl (C=O) groups is 1. The number of amides is 1. The lowest BCUT2D eigenvalue weighted by molar-refractivity contribution is -0.140. The average molecular weight is 343 g/mol. The number of aromatic nitrogens is 1. The number of rotatable bonds is 5. The van der Waals surface area contributed by atoms with Crippen LogP contribution in [-0.2, 0) is 23.9 Å². The van der Waals surface area contributed by atoms with Gasteiger partial charge in [-0.2, -0.15) is 13.2 Å². The number of carbonyl (C=O) groups excluding carboxylic acids is 1. The van der Waals surface area contributed by atoms with E-state index in [0.717, 1.165) is 22.3 Å². The van der Waals surface area contributed by atoms with Crippen LogP contribution >= 0.6 is 11.3 Å². The van der Waals surface area contributed by atoms with Gasteiger partial charge in [-0.1, -0.05) is 18.2 Å². The standard InChI is InChI=1S/C15H16F3N3OS/c1-21(8-13-20-12(9-23-13)15(16,17)18)14(22)7-6-10-4-2-3-5-11(10)19/h2-5,9H,6-8,19H2,1H3. The van der Waals surface area contributed by atoms with Gasteiger partial charge in [-0.15, -0.1) is 11.3 Å². The molecule has 0 saturated heterocycles. The first-order chi connectivity index (χ1) is 10.8. The Labute approximate surface area is 135 Å². The van der Waals surface area contributed by atoms with Crippen molar-refractivity contribution in [1.82, 2.24) is 9.88 Å². The Hall–Kier alpha value is -2.09. The number of para-hydroxylation sites is 1. The molecule has 4 nitrogen and oxygen atoms in total. The van der Waals surface area contributed by atoms with Crippen LogP contribution in [0.15, 0.2) is 29.6 Å². The zero-order valence-corrected chi connectivity index (χ0v) is 13.2. The van der Waals surface area contributed by atoms with Crippen LogP contribution in [0.1, 0.15) is 22.7 Å². The summed E-state index contributed by atoms with van der Waals surface area (Å²) in [5.74, 6) is -0.169. The zero-order chi connectivity index (χ0) is 17.0. The fraction of sp³-hybridized carbons (Fsp3) is 0.333. The summed E-state index contributed by atoms with van der Waals surface area (Å²) in [6.45, 7) is 0.0594. The number of anilines is 1. The number of hydrogen-bond acceptors (Lipinski definition) is 4. The summed E-state index contributed by atoms with van der Waals surface area (Å²) >= 11 is 0.894. The lowest BCUT2D eigenvalue weighted by atomic mass is 10.1. The van der Waals surface area contributed by atoms with E-state index in [0.29, 0.717) is 12.1 Å². The van der Waals surface area contributed by atoms with Crippen molar-refractivity contribution in [2.45, 2.75) is 25.6 Å². The third-order valence-electron chi connectivity index (χ3n) is 3.30. The first kappa shape index (κ1) is 17.3. The van der Waals surface area contributed by atoms with Crippen LogP contribution < -0.4 is 5.73 Å². The molecule has 1 aromatic heterocycles. The first-order valence-corrected chi connectivity index (χ1v) is 7.74. The maximum Gasteiger partial charge on any atom is 0.434 e. The van der Waals surface area contributed by atoms with Gasteiger partial charge >= 0.3 is 6.18 Å². The second-order valence-corrected chi connectivity index (χ2v) is 6.02. The van der Waals surface area contributed by atoms with Gasteiger partial charge in [-0.25, -0.2) is 4.98 Å². The number of aryl methyl sites for hydroxylation is 1. The Morgan fingerprint density at radius 1 is 1.35 bits per heavy atom. The molecular formula is C15H16F3N3OS. The molecule has 0 unspecified atom stereocenters. The van der Waals surface area contributed by atoms with Crippen LogP contribution in [-0.4, -0.2) is 22.8 Å². The van der Waals surface area contributed by atoms with Gasteiger partial charge in [0.05, 0.1) is 6.54 Å². The quantitative estimate of drug-likeness (QED) is 0.847. The topological polar surface area (TPSA) is 59.2 Å². The monoisotopic (exact) mass is 343 g/mol. The Balaban J connectivity index is 1.90. The fourth-order valence-corrected chi connectivity index (χ4v) is 2.85. The summed E-state index contributed by atoms with van der Waals surface area (Å²) in [4.78, 5) is 17.0. The molecule has 8 heteroatoms. The largest absolute Gasteiger partial charge is 0.434 e. The van der Waals surface area contributed by atoms with E-state index < -0.39 is 11.9 Å². The summed E-state index contributed by atoms with van der Waals surface area (Å²) in [6, 6.07) is 7.26. The van der Waals surface area contributed by atoms with E-state index in [4.69, 9.17) is 5.73 Å². The molecule has 2 aromatic rings. The van der Waals surface area contributed by atoms with Gasteiger partial charge in [0.15, 0.2) is 5.69 Å². The molecule has 0 bridgehead atoms. The number of halogens is 3. The Bertz CT molecular complexity index is 685. The molecule has 124 valence electrons. The van der Waals surface area contributed by atoms with Crippen molar-refractivity contribution in [1.29, 1.82) is 0 Å². The van der Waals surface area contributed by atoms with Gasteiger partial charge in [0.2, 0.25) is 5.91 Å². The van der Waals surface area contributed by atoms with E-state index in [1.165, 1.54) is 4.90 Å². The number of nitrogens with two attached hydrogens (primary N) is 1. The molecular weight excluding hydrogens is 327 g/mol. The predicted octanol–water partition coefficient (Wildman–Crippen LogP) is 3.34. The molecule has 0 fully saturated rings. The molecule has 0 aliphatic rings. The molecule has 2 rings (SSSR count). The molecule has 0 atom stereocenters. The maximum atomic E-state index is 12.5. The highest BCUT2D eigenvalue weighted by molar-refractivity contribution is 7.09. The van der Waals surface area contributed by atoms with Crippen molar-refractivity contribution >= 4 is 22.9 Å². The molecule has 0 saturated carbocycles. The van der Waals surface area contributed by atoms with Gasteiger partial charge in [0.25, 0.3) is 0 Å². The highest BCUT2D eigenvalue weighted by Gasteiger charge is 2.33. The molecule has 23 heavy (non-hydrogen) atoms. The number of alkyl halides is 3. The number of thiazole rings is 1. The van der Waals surface area contributed by atoms with Crippen LogP contribution in [0.25, 0.3) is 0 Å². The third kappa shape index (κ3) is 4.69. The van der Waals surface area contributed by atoms with Crippen molar-refractivity contribution in [3.63, 3.8) is 0 Å². The van der Waals surface area contributed by atoms with Crippen molar-refractivity contribution in [2.24, 2.45) is 0 Å². The van der Waals surface area contributed by atoms with Gasteiger partial charge in [-0.05, 0) is 18.1 Å². The van der Waals surface area contributed by atoms with Crippen LogP contribution in [0.3, 0.4) is 0 Å². The molecule has 2 N–H and O–H groups in total. The molecule has 1 amide bonds. The third-order valence-corrected chi connectivity index (χ3v) is 4.14. The normalized spacial score (nSPS) is 11.5. The smallest absolute Gasteiger partial charge is 0.399 e. The van der Waals surface area contributed by atoms with Crippen LogP contribution in [0, 0.1) is 0 Å². The average Bonchev–Trinajstić information content (AvgIpc) is 2.94. The summed E-state index contributed by atoms with van der Waals surface area (Å²) in [6.07, 6.45) is -3.73. The first-order valence-electron chi connectivity index (χ1n) is 6.86. The lowest BCUT2D eigenvalue weighted by Gasteiger charge is -2.16. The van der Waals surface area contributed by atoms with Gasteiger partial charge in [-0.3, -0.25) is 4.79 Å². The van der Waals surface area contributed by atoms with Gasteiger partial charge in [0.1, 0.15) is 5.01 Å². The van der Waals surface area contributed by atoms with E-state index in [-0.39, 0.29) is 23.9 Å². The van der Waals surface area contributed by atoms with E-state index in [2.05, 4.69) is 4.98 Å². The minimum absolute atomic E-state index is 0.0594. The lowest BCUT2D eigenvalue weighted by Crippen LogP contribution is -2.26. The van der Waals surface area contributed by atoms with Crippen LogP contribution in [0.2, 0.25) is 0 Å². The summed E-state index contributed by atoms with van der Waals surface area (Å²) in [7, 11) is 1.55. The fourth-order valence-electron chi connectivity index (χ4n) is 2.00. The highest BCUT2D eigenvalue weighted by atomic mass is 32.1. The van der Waals surface area contributed by atoms with Crippen molar-refractivity contribution in [3.05, 3.63) is 45.9 Å². The van der Waals surface area contributed by atoms with Crippen molar-refractivity contribution in [3.8, 4) is 0 Å². The molecule has 0 aliphatic carbocycles. The number of benzene rings is 1. The molecule has 0 radical (unpaired) electrons. The van der Waals surface area contributed by atoms with Crippen molar-refractivity contribution in [2.75, 3.05) is 12.8 Å². The number of nitrogen functional groups attached to an aromatic ring is 1. The van der Waals surface area contributed by atoms with E-state index in [1.807, 2.05) is 18.2 Å². The molecule has 1 aromatic carbocycles. The Kier molecular flexibility index (Phi) is 5.25. The summed E-state index contributed by atoms with van der Waals surface area (Å²) in [5.41, 5.74) is 6.39. The van der Waals surface area contributed by atoms with Crippen molar-refractivity contribution < 1.29 is 18.0 Å². The maximum absolute atomic E-state index is 12.5. The Morgan fingerprint density at radius 3 is 2.65 bits per heavy atom. The van der Waals surface area contributed by atoms with Crippen LogP contribution in [0.4, 0.5) is 18.9 Å². The van der Waals surface area contributed by atoms with E-state index in [1.54, 1.807) is 13.1 Å². The Morgan fingerprint density at radius 2 is 2.04 bits per heavy atom. The minimum atomic E-state index is -4.46. The van der Waals surface area contributed by atoms with E-state index >= 15 is 0 Å². The minimum Gasteiger partial charge on any atom is -0.399 e. The zero-order valence-electron chi connectivity index (χ0n) is 12.4. The summed E-state index contributed by atoms with van der Waals surface area (Å²) < 4.78 is 37.5. The second kappa shape index (κ2) is 6.99. The van der Waals surface area contributed by atoms with Gasteiger partial charge < -0.3 is 10.6 Å². The SMILES string of the molecule is CN(Cc1nc(C(F)(F)F)cs1)C(=O)CCc1ccccc1N. The second-order valence-electron chi connectivity index (χ2n) is 5.07. The van der Waals surface area contributed by atoms with Gasteiger partial charge in [0, 0.05) is 24.5 Å². The highest BCUT2D eigenvalue weighted by Crippen LogP contribution is 2.30. The molecule has 0 aliphatic heterocycles. The van der Waals surface area contributed by atoms with Crippen LogP contribution in [0.5, 0.6) is 0 Å². The molecule has 1 heterocycles. The number of hydrogen-bond donors (Lipinski definition) is 1. The summed E-state index contributed by atoms with van der Waals surface area (Å²) in [5, 5.41) is 1.21. The predicted molar refractivity (Wildman–Crippen MR) is 82.8 cm³/mol. The molecule has 0 spiro atoms.